The maximum atomic E-state index is 13.5. The van der Waals surface area contributed by atoms with Crippen molar-refractivity contribution in [2.75, 3.05) is 6.61 Å². The van der Waals surface area contributed by atoms with Gasteiger partial charge in [-0.05, 0) is 43.4 Å². The fraction of sp³-hybridized carbons (Fsp3) is 0.529. The molecular formula is C17H17F2N3O2. The molecule has 6 rings (SSSR count). The molecule has 0 amide bonds. The van der Waals surface area contributed by atoms with Crippen LogP contribution in [-0.2, 0) is 12.0 Å². The van der Waals surface area contributed by atoms with Gasteiger partial charge in [0.05, 0.1) is 11.6 Å². The molecule has 3 fully saturated rings. The van der Waals surface area contributed by atoms with E-state index in [1.165, 1.54) is 12.1 Å². The Kier molecular flexibility index (Phi) is 2.59. The second-order valence-corrected chi connectivity index (χ2v) is 7.65. The van der Waals surface area contributed by atoms with Crippen LogP contribution in [0, 0.1) is 17.0 Å². The fourth-order valence-electron chi connectivity index (χ4n) is 5.02. The van der Waals surface area contributed by atoms with Gasteiger partial charge in [0.1, 0.15) is 17.5 Å². The van der Waals surface area contributed by atoms with Gasteiger partial charge in [0.25, 0.3) is 0 Å². The van der Waals surface area contributed by atoms with E-state index < -0.39 is 11.6 Å². The Labute approximate surface area is 136 Å². The zero-order valence-corrected chi connectivity index (χ0v) is 13.0. The van der Waals surface area contributed by atoms with Crippen LogP contribution in [0.15, 0.2) is 23.0 Å². The van der Waals surface area contributed by atoms with Gasteiger partial charge in [-0.3, -0.25) is 4.57 Å². The second-order valence-electron chi connectivity index (χ2n) is 7.65. The van der Waals surface area contributed by atoms with Crippen LogP contribution in [0.2, 0.25) is 0 Å². The van der Waals surface area contributed by atoms with E-state index in [9.17, 15) is 18.7 Å². The SMILES string of the molecule is O=c1n(C23CC(CO)(C2)C3)nc2n1[C@H](c1cc(F)cc(F)c1)CC2. The Hall–Kier alpha value is -2.02. The molecule has 1 aromatic heterocycles. The molecule has 1 N–H and O–H groups in total. The minimum Gasteiger partial charge on any atom is -0.396 e. The van der Waals surface area contributed by atoms with Crippen molar-refractivity contribution < 1.29 is 13.9 Å². The molecule has 1 aromatic carbocycles. The van der Waals surface area contributed by atoms with Crippen molar-refractivity contribution in [2.45, 2.75) is 43.7 Å². The van der Waals surface area contributed by atoms with Gasteiger partial charge < -0.3 is 5.11 Å². The summed E-state index contributed by atoms with van der Waals surface area (Å²) in [5.41, 5.74) is -0.00579. The molecule has 2 bridgehead atoms. The Morgan fingerprint density at radius 2 is 1.88 bits per heavy atom. The number of halogens is 2. The van der Waals surface area contributed by atoms with E-state index in [1.807, 2.05) is 0 Å². The summed E-state index contributed by atoms with van der Waals surface area (Å²) in [6.07, 6.45) is 3.59. The predicted octanol–water partition coefficient (Wildman–Crippen LogP) is 1.73. The van der Waals surface area contributed by atoms with Crippen LogP contribution in [0.4, 0.5) is 8.78 Å². The van der Waals surface area contributed by atoms with Crippen LogP contribution < -0.4 is 5.69 Å². The average molecular weight is 333 g/mol. The van der Waals surface area contributed by atoms with Crippen LogP contribution in [-0.4, -0.2) is 26.1 Å². The molecule has 5 nitrogen and oxygen atoms in total. The normalized spacial score (nSPS) is 33.0. The summed E-state index contributed by atoms with van der Waals surface area (Å²) in [6, 6.07) is 3.04. The number of fused-ring (bicyclic) bond motifs is 1. The van der Waals surface area contributed by atoms with Crippen molar-refractivity contribution in [1.29, 1.82) is 0 Å². The van der Waals surface area contributed by atoms with Crippen LogP contribution >= 0.6 is 0 Å². The van der Waals surface area contributed by atoms with E-state index in [1.54, 1.807) is 9.25 Å². The van der Waals surface area contributed by atoms with Crippen LogP contribution in [0.5, 0.6) is 0 Å². The van der Waals surface area contributed by atoms with Crippen LogP contribution in [0.1, 0.15) is 43.1 Å². The Bertz CT molecular complexity index is 877. The highest BCUT2D eigenvalue weighted by atomic mass is 19.1. The summed E-state index contributed by atoms with van der Waals surface area (Å²) in [5.74, 6) is -0.594. The Balaban J connectivity index is 1.54. The monoisotopic (exact) mass is 333 g/mol. The molecule has 7 heteroatoms. The van der Waals surface area contributed by atoms with Gasteiger partial charge in [-0.25, -0.2) is 18.3 Å². The first-order valence-corrected chi connectivity index (χ1v) is 8.23. The van der Waals surface area contributed by atoms with Crippen molar-refractivity contribution in [3.8, 4) is 0 Å². The number of hydrogen-bond acceptors (Lipinski definition) is 3. The van der Waals surface area contributed by atoms with Crippen molar-refractivity contribution in [2.24, 2.45) is 5.41 Å². The van der Waals surface area contributed by atoms with Crippen molar-refractivity contribution >= 4 is 0 Å². The molecule has 0 unspecified atom stereocenters. The molecule has 126 valence electrons. The predicted molar refractivity (Wildman–Crippen MR) is 80.6 cm³/mol. The smallest absolute Gasteiger partial charge is 0.347 e. The minimum atomic E-state index is -0.636. The first-order valence-electron chi connectivity index (χ1n) is 8.23. The van der Waals surface area contributed by atoms with Crippen molar-refractivity contribution in [3.05, 3.63) is 51.7 Å². The highest BCUT2D eigenvalue weighted by Crippen LogP contribution is 2.70. The number of nitrogens with zero attached hydrogens (tertiary/aromatic N) is 3. The lowest BCUT2D eigenvalue weighted by Crippen LogP contribution is -2.71. The summed E-state index contributed by atoms with van der Waals surface area (Å²) in [7, 11) is 0. The molecule has 0 radical (unpaired) electrons. The van der Waals surface area contributed by atoms with Gasteiger partial charge in [0, 0.05) is 24.5 Å². The molecular weight excluding hydrogens is 316 g/mol. The van der Waals surface area contributed by atoms with Crippen molar-refractivity contribution in [1.82, 2.24) is 14.3 Å². The van der Waals surface area contributed by atoms with E-state index in [4.69, 9.17) is 0 Å². The Morgan fingerprint density at radius 3 is 2.50 bits per heavy atom. The number of rotatable bonds is 3. The molecule has 1 aliphatic heterocycles. The summed E-state index contributed by atoms with van der Waals surface area (Å²) in [4.78, 5) is 12.9. The molecule has 2 heterocycles. The third kappa shape index (κ3) is 1.65. The van der Waals surface area contributed by atoms with Crippen molar-refractivity contribution in [3.63, 3.8) is 0 Å². The first-order chi connectivity index (χ1) is 11.5. The molecule has 3 aliphatic carbocycles. The summed E-state index contributed by atoms with van der Waals surface area (Å²) < 4.78 is 30.2. The lowest BCUT2D eigenvalue weighted by molar-refractivity contribution is -0.215. The quantitative estimate of drug-likeness (QED) is 0.931. The van der Waals surface area contributed by atoms with E-state index >= 15 is 0 Å². The van der Waals surface area contributed by atoms with E-state index in [2.05, 4.69) is 5.10 Å². The topological polar surface area (TPSA) is 60.1 Å². The number of benzene rings is 1. The molecule has 3 saturated carbocycles. The van der Waals surface area contributed by atoms with E-state index in [0.29, 0.717) is 24.2 Å². The molecule has 2 aromatic rings. The van der Waals surface area contributed by atoms with E-state index in [0.717, 1.165) is 25.3 Å². The highest BCUT2D eigenvalue weighted by Gasteiger charge is 2.70. The van der Waals surface area contributed by atoms with Gasteiger partial charge in [-0.2, -0.15) is 5.10 Å². The number of hydrogen-bond donors (Lipinski definition) is 1. The van der Waals surface area contributed by atoms with Gasteiger partial charge in [-0.15, -0.1) is 0 Å². The van der Waals surface area contributed by atoms with Gasteiger partial charge >= 0.3 is 5.69 Å². The average Bonchev–Trinajstić information content (AvgIpc) is 2.97. The zero-order chi connectivity index (χ0) is 16.7. The number of aromatic nitrogens is 3. The Morgan fingerprint density at radius 1 is 1.21 bits per heavy atom. The van der Waals surface area contributed by atoms with Gasteiger partial charge in [0.15, 0.2) is 0 Å². The van der Waals surface area contributed by atoms with Gasteiger partial charge in [-0.1, -0.05) is 0 Å². The molecule has 4 aliphatic rings. The van der Waals surface area contributed by atoms with Crippen LogP contribution in [0.3, 0.4) is 0 Å². The summed E-state index contributed by atoms with van der Waals surface area (Å²) >= 11 is 0. The summed E-state index contributed by atoms with van der Waals surface area (Å²) in [5, 5.41) is 13.9. The number of aryl methyl sites for hydroxylation is 1. The summed E-state index contributed by atoms with van der Waals surface area (Å²) in [6.45, 7) is 0.155. The molecule has 0 spiro atoms. The van der Waals surface area contributed by atoms with E-state index in [-0.39, 0.29) is 29.3 Å². The maximum absolute atomic E-state index is 13.5. The standard InChI is InChI=1S/C17H17F2N3O2/c18-11-3-10(4-12(19)5-11)13-1-2-14-20-22(15(24)21(13)14)17-6-16(7-17,8-17)9-23/h3-5,13,23H,1-2,6-9H2/t13-,16?,17?/m0/s1. The highest BCUT2D eigenvalue weighted by molar-refractivity contribution is 5.26. The molecule has 1 atom stereocenters. The fourth-order valence-corrected chi connectivity index (χ4v) is 5.02. The first kappa shape index (κ1) is 14.3. The third-order valence-electron chi connectivity index (χ3n) is 6.00. The zero-order valence-electron chi connectivity index (χ0n) is 13.0. The number of aliphatic hydroxyl groups is 1. The van der Waals surface area contributed by atoms with Crippen LogP contribution in [0.25, 0.3) is 0 Å². The maximum Gasteiger partial charge on any atom is 0.347 e. The lowest BCUT2D eigenvalue weighted by Gasteiger charge is -2.69. The lowest BCUT2D eigenvalue weighted by atomic mass is 9.40. The number of aliphatic hydroxyl groups excluding tert-OH is 1. The largest absolute Gasteiger partial charge is 0.396 e. The van der Waals surface area contributed by atoms with Gasteiger partial charge in [0.2, 0.25) is 0 Å². The third-order valence-corrected chi connectivity index (χ3v) is 6.00. The second kappa shape index (κ2) is 4.33. The molecule has 0 saturated heterocycles. The minimum absolute atomic E-state index is 0.0153. The molecule has 24 heavy (non-hydrogen) atoms.